The predicted molar refractivity (Wildman–Crippen MR) is 76.8 cm³/mol. The van der Waals surface area contributed by atoms with E-state index in [1.165, 1.54) is 0 Å². The second-order valence-corrected chi connectivity index (χ2v) is 6.98. The molecule has 0 amide bonds. The number of hydrogen-bond donors (Lipinski definition) is 8. The molecule has 0 spiro atoms. The Morgan fingerprint density at radius 2 is 1.67 bits per heavy atom. The Kier molecular flexibility index (Phi) is 7.93. The van der Waals surface area contributed by atoms with Gasteiger partial charge in [-0.1, -0.05) is 0 Å². The van der Waals surface area contributed by atoms with Crippen LogP contribution in [-0.4, -0.2) is 98.6 Å². The van der Waals surface area contributed by atoms with Crippen molar-refractivity contribution in [3.63, 3.8) is 0 Å². The van der Waals surface area contributed by atoms with Crippen molar-refractivity contribution in [3.8, 4) is 0 Å². The minimum Gasteiger partial charge on any atom is -0.396 e. The summed E-state index contributed by atoms with van der Waals surface area (Å²) < 4.78 is 34.7. The standard InChI is InChI=1S/C12H24O11S/c13-3-6-5(1-7(15)10(6)18)2-8(16)12(23-24(20,21)22)11(19)9(17)4-14/h5-19H,1-4H2,(H,20,21,22)/t5-,6-,7+,8+,9-,10+,11+,12+/m0/s1. The van der Waals surface area contributed by atoms with Gasteiger partial charge in [0, 0.05) is 12.5 Å². The van der Waals surface area contributed by atoms with Gasteiger partial charge in [0.15, 0.2) is 0 Å². The van der Waals surface area contributed by atoms with Gasteiger partial charge in [0.25, 0.3) is 0 Å². The predicted octanol–water partition coefficient (Wildman–Crippen LogP) is -4.01. The van der Waals surface area contributed by atoms with Crippen molar-refractivity contribution in [2.45, 2.75) is 49.5 Å². The summed E-state index contributed by atoms with van der Waals surface area (Å²) >= 11 is 0. The Balaban J connectivity index is 2.89. The van der Waals surface area contributed by atoms with E-state index in [2.05, 4.69) is 4.18 Å². The highest BCUT2D eigenvalue weighted by molar-refractivity contribution is 7.80. The second kappa shape index (κ2) is 8.80. The molecule has 144 valence electrons. The van der Waals surface area contributed by atoms with Gasteiger partial charge in [0.05, 0.1) is 24.9 Å². The third kappa shape index (κ3) is 5.56. The molecule has 0 aromatic carbocycles. The first-order valence-corrected chi connectivity index (χ1v) is 8.66. The Hall–Kier alpha value is -0.410. The average molecular weight is 376 g/mol. The van der Waals surface area contributed by atoms with Gasteiger partial charge in [0.1, 0.15) is 18.3 Å². The van der Waals surface area contributed by atoms with Gasteiger partial charge >= 0.3 is 10.4 Å². The second-order valence-electron chi connectivity index (χ2n) is 5.93. The zero-order valence-electron chi connectivity index (χ0n) is 12.7. The minimum atomic E-state index is -5.09. The van der Waals surface area contributed by atoms with E-state index < -0.39 is 72.1 Å². The van der Waals surface area contributed by atoms with Crippen LogP contribution in [-0.2, 0) is 14.6 Å². The molecule has 0 radical (unpaired) electrons. The van der Waals surface area contributed by atoms with Crippen LogP contribution in [0.1, 0.15) is 12.8 Å². The van der Waals surface area contributed by atoms with Gasteiger partial charge in [-0.3, -0.25) is 4.55 Å². The summed E-state index contributed by atoms with van der Waals surface area (Å²) in [5, 5.41) is 66.7. The Morgan fingerprint density at radius 3 is 2.12 bits per heavy atom. The normalized spacial score (nSPS) is 33.2. The molecule has 1 saturated carbocycles. The van der Waals surface area contributed by atoms with Crippen molar-refractivity contribution in [2.24, 2.45) is 11.8 Å². The van der Waals surface area contributed by atoms with E-state index in [0.29, 0.717) is 0 Å². The van der Waals surface area contributed by atoms with Crippen LogP contribution in [0.4, 0.5) is 0 Å². The highest BCUT2D eigenvalue weighted by atomic mass is 32.3. The first-order valence-electron chi connectivity index (χ1n) is 7.29. The molecule has 0 bridgehead atoms. The van der Waals surface area contributed by atoms with Gasteiger partial charge < -0.3 is 35.7 Å². The summed E-state index contributed by atoms with van der Waals surface area (Å²) in [5.41, 5.74) is 0. The van der Waals surface area contributed by atoms with Crippen LogP contribution in [0.3, 0.4) is 0 Å². The molecule has 8 atom stereocenters. The van der Waals surface area contributed by atoms with Gasteiger partial charge in [-0.2, -0.15) is 8.42 Å². The van der Waals surface area contributed by atoms with Crippen molar-refractivity contribution in [1.82, 2.24) is 0 Å². The fourth-order valence-corrected chi connectivity index (χ4v) is 3.50. The van der Waals surface area contributed by atoms with Gasteiger partial charge in [0.2, 0.25) is 0 Å². The molecule has 1 rings (SSSR count). The van der Waals surface area contributed by atoms with Crippen molar-refractivity contribution in [1.29, 1.82) is 0 Å². The number of hydrogen-bond acceptors (Lipinski definition) is 10. The third-order valence-electron chi connectivity index (χ3n) is 4.27. The summed E-state index contributed by atoms with van der Waals surface area (Å²) in [6.45, 7) is -1.46. The molecule has 1 fully saturated rings. The summed E-state index contributed by atoms with van der Waals surface area (Å²) in [6, 6.07) is 0. The third-order valence-corrected chi connectivity index (χ3v) is 4.73. The van der Waals surface area contributed by atoms with Crippen LogP contribution in [0.5, 0.6) is 0 Å². The molecule has 11 nitrogen and oxygen atoms in total. The molecule has 1 aliphatic carbocycles. The van der Waals surface area contributed by atoms with Crippen molar-refractivity contribution in [3.05, 3.63) is 0 Å². The Bertz CT molecular complexity index is 483. The number of rotatable bonds is 9. The molecule has 24 heavy (non-hydrogen) atoms. The lowest BCUT2D eigenvalue weighted by atomic mass is 9.87. The van der Waals surface area contributed by atoms with Gasteiger partial charge in [-0.25, -0.2) is 4.18 Å². The van der Waals surface area contributed by atoms with Crippen LogP contribution in [0, 0.1) is 11.8 Å². The van der Waals surface area contributed by atoms with Gasteiger partial charge in [-0.05, 0) is 18.8 Å². The lowest BCUT2D eigenvalue weighted by Crippen LogP contribution is -2.49. The van der Waals surface area contributed by atoms with E-state index in [1.54, 1.807) is 0 Å². The molecule has 12 heteroatoms. The topological polar surface area (TPSA) is 205 Å². The molecule has 0 heterocycles. The molecule has 0 aromatic rings. The van der Waals surface area contributed by atoms with E-state index >= 15 is 0 Å². The smallest absolute Gasteiger partial charge is 0.396 e. The summed E-state index contributed by atoms with van der Waals surface area (Å²) in [4.78, 5) is 0. The monoisotopic (exact) mass is 376 g/mol. The van der Waals surface area contributed by atoms with Crippen LogP contribution in [0.2, 0.25) is 0 Å². The maximum atomic E-state index is 10.9. The lowest BCUT2D eigenvalue weighted by molar-refractivity contribution is -0.110. The fourth-order valence-electron chi connectivity index (χ4n) is 2.98. The Morgan fingerprint density at radius 1 is 1.08 bits per heavy atom. The zero-order valence-corrected chi connectivity index (χ0v) is 13.5. The molecule has 1 aliphatic rings. The molecule has 0 aromatic heterocycles. The molecule has 8 N–H and O–H groups in total. The van der Waals surface area contributed by atoms with E-state index in [-0.39, 0.29) is 12.8 Å². The first kappa shape index (κ1) is 21.6. The van der Waals surface area contributed by atoms with Crippen LogP contribution >= 0.6 is 0 Å². The SMILES string of the molecule is O=S(=O)(O)O[C@@H]([C@H](O)[C@@H](O)CO)[C@H](O)C[C@@H]1C[C@@H](O)[C@H](O)[C@H]1CO. The first-order chi connectivity index (χ1) is 11.0. The van der Waals surface area contributed by atoms with Crippen LogP contribution in [0.25, 0.3) is 0 Å². The summed E-state index contributed by atoms with van der Waals surface area (Å²) in [5.74, 6) is -1.43. The van der Waals surface area contributed by atoms with E-state index in [9.17, 15) is 39.1 Å². The average Bonchev–Trinajstić information content (AvgIpc) is 2.76. The molecular formula is C12H24O11S. The number of aliphatic hydroxyl groups excluding tert-OH is 7. The van der Waals surface area contributed by atoms with E-state index in [1.807, 2.05) is 0 Å². The summed E-state index contributed by atoms with van der Waals surface area (Å²) in [7, 11) is -5.09. The maximum absolute atomic E-state index is 10.9. The van der Waals surface area contributed by atoms with E-state index in [0.717, 1.165) is 0 Å². The minimum absolute atomic E-state index is 0.000692. The molecule has 0 saturated heterocycles. The van der Waals surface area contributed by atoms with Crippen molar-refractivity contribution < 1.29 is 52.9 Å². The van der Waals surface area contributed by atoms with E-state index in [4.69, 9.17) is 9.66 Å². The molecular weight excluding hydrogens is 352 g/mol. The van der Waals surface area contributed by atoms with Crippen molar-refractivity contribution in [2.75, 3.05) is 13.2 Å². The number of aliphatic hydroxyl groups is 7. The molecule has 0 aliphatic heterocycles. The van der Waals surface area contributed by atoms with Gasteiger partial charge in [-0.15, -0.1) is 0 Å². The summed E-state index contributed by atoms with van der Waals surface area (Å²) in [6.07, 6.45) is -10.3. The Labute approximate surface area is 138 Å². The fraction of sp³-hybridized carbons (Fsp3) is 1.00. The van der Waals surface area contributed by atoms with Crippen molar-refractivity contribution >= 4 is 10.4 Å². The maximum Gasteiger partial charge on any atom is 0.397 e. The highest BCUT2D eigenvalue weighted by Gasteiger charge is 2.44. The lowest BCUT2D eigenvalue weighted by Gasteiger charge is -2.30. The van der Waals surface area contributed by atoms with Crippen LogP contribution < -0.4 is 0 Å². The zero-order chi connectivity index (χ0) is 18.7. The molecule has 0 unspecified atom stereocenters. The largest absolute Gasteiger partial charge is 0.397 e. The highest BCUT2D eigenvalue weighted by Crippen LogP contribution is 2.36. The van der Waals surface area contributed by atoms with Crippen LogP contribution in [0.15, 0.2) is 0 Å². The quantitative estimate of drug-likeness (QED) is 0.182.